The van der Waals surface area contributed by atoms with Crippen molar-refractivity contribution >= 4 is 27.3 Å². The molecule has 0 N–H and O–H groups in total. The Hall–Kier alpha value is -1.06. The van der Waals surface area contributed by atoms with E-state index in [4.69, 9.17) is 9.47 Å². The number of carbonyl (C=O) groups excluding carboxylic acids is 1. The standard InChI is InChI=1S/C19H27NO6S.Na/c1-5-26-18(21)7-6-10-20-17-11-15(25-4)8-9-16(17)14(12-19(20,2)3)13-27(22,23)24;/h8-9,11-12H,5-7,10,13H2,1-4H3,(H,22,23,24);/q;+1/p-1. The van der Waals surface area contributed by atoms with Crippen LogP contribution < -0.4 is 39.2 Å². The molecule has 0 radical (unpaired) electrons. The van der Waals surface area contributed by atoms with E-state index in [1.807, 2.05) is 26.0 Å². The van der Waals surface area contributed by atoms with Gasteiger partial charge in [-0.05, 0) is 44.9 Å². The summed E-state index contributed by atoms with van der Waals surface area (Å²) in [4.78, 5) is 13.7. The number of ether oxygens (including phenoxy) is 2. The largest absolute Gasteiger partial charge is 1.00 e. The van der Waals surface area contributed by atoms with Gasteiger partial charge in [-0.2, -0.15) is 0 Å². The monoisotopic (exact) mass is 419 g/mol. The molecule has 0 atom stereocenters. The molecule has 1 heterocycles. The van der Waals surface area contributed by atoms with Gasteiger partial charge < -0.3 is 18.9 Å². The Morgan fingerprint density at radius 1 is 1.29 bits per heavy atom. The van der Waals surface area contributed by atoms with Crippen molar-refractivity contribution in [2.45, 2.75) is 39.2 Å². The summed E-state index contributed by atoms with van der Waals surface area (Å²) in [6, 6.07) is 5.32. The Bertz CT molecular complexity index is 835. The predicted molar refractivity (Wildman–Crippen MR) is 103 cm³/mol. The Kier molecular flexibility index (Phi) is 9.02. The minimum Gasteiger partial charge on any atom is -0.748 e. The van der Waals surface area contributed by atoms with E-state index >= 15 is 0 Å². The van der Waals surface area contributed by atoms with Crippen LogP contribution in [0.3, 0.4) is 0 Å². The molecule has 150 valence electrons. The molecular formula is C19H26NNaO6S. The predicted octanol–water partition coefficient (Wildman–Crippen LogP) is -0.430. The van der Waals surface area contributed by atoms with Crippen molar-refractivity contribution in [3.05, 3.63) is 29.8 Å². The number of nitrogens with zero attached hydrogens (tertiary/aromatic N) is 1. The van der Waals surface area contributed by atoms with Crippen LogP contribution in [0.5, 0.6) is 5.75 Å². The van der Waals surface area contributed by atoms with Crippen LogP contribution in [0.2, 0.25) is 0 Å². The Labute approximate surface area is 189 Å². The maximum absolute atomic E-state index is 11.6. The molecule has 0 spiro atoms. The van der Waals surface area contributed by atoms with E-state index in [-0.39, 0.29) is 35.5 Å². The van der Waals surface area contributed by atoms with Crippen LogP contribution in [-0.4, -0.2) is 50.5 Å². The van der Waals surface area contributed by atoms with E-state index < -0.39 is 21.4 Å². The third-order valence-corrected chi connectivity index (χ3v) is 5.13. The summed E-state index contributed by atoms with van der Waals surface area (Å²) in [6.07, 6.45) is 2.69. The summed E-state index contributed by atoms with van der Waals surface area (Å²) in [6.45, 7) is 6.57. The van der Waals surface area contributed by atoms with Crippen molar-refractivity contribution in [1.29, 1.82) is 0 Å². The molecule has 0 amide bonds. The average molecular weight is 419 g/mol. The quantitative estimate of drug-likeness (QED) is 0.321. The van der Waals surface area contributed by atoms with Crippen molar-refractivity contribution < 1.29 is 56.8 Å². The molecule has 0 saturated carbocycles. The number of hydrogen-bond acceptors (Lipinski definition) is 7. The van der Waals surface area contributed by atoms with Gasteiger partial charge in [0.2, 0.25) is 0 Å². The second-order valence-corrected chi connectivity index (χ2v) is 8.37. The number of methoxy groups -OCH3 is 1. The van der Waals surface area contributed by atoms with Crippen LogP contribution in [0, 0.1) is 0 Å². The minimum atomic E-state index is -4.41. The number of esters is 1. The second kappa shape index (κ2) is 10.1. The molecule has 1 aromatic carbocycles. The van der Waals surface area contributed by atoms with Gasteiger partial charge in [0.1, 0.15) is 5.75 Å². The van der Waals surface area contributed by atoms with E-state index in [1.165, 1.54) is 0 Å². The second-order valence-electron chi connectivity index (χ2n) is 6.97. The van der Waals surface area contributed by atoms with Crippen molar-refractivity contribution in [3.63, 3.8) is 0 Å². The fraction of sp³-hybridized carbons (Fsp3) is 0.526. The van der Waals surface area contributed by atoms with Gasteiger partial charge in [-0.15, -0.1) is 0 Å². The van der Waals surface area contributed by atoms with Crippen molar-refractivity contribution in [1.82, 2.24) is 0 Å². The van der Waals surface area contributed by atoms with Crippen LogP contribution in [-0.2, 0) is 19.6 Å². The van der Waals surface area contributed by atoms with Gasteiger partial charge >= 0.3 is 35.5 Å². The van der Waals surface area contributed by atoms with Crippen molar-refractivity contribution in [2.75, 3.05) is 30.9 Å². The van der Waals surface area contributed by atoms with Gasteiger partial charge in [0.25, 0.3) is 0 Å². The summed E-state index contributed by atoms with van der Waals surface area (Å²) in [5, 5.41) is 0. The fourth-order valence-corrected chi connectivity index (χ4v) is 3.98. The number of rotatable bonds is 8. The number of fused-ring (bicyclic) bond motifs is 1. The zero-order valence-corrected chi connectivity index (χ0v) is 20.0. The number of benzene rings is 1. The first-order valence-electron chi connectivity index (χ1n) is 8.84. The zero-order valence-electron chi connectivity index (χ0n) is 17.1. The Morgan fingerprint density at radius 2 is 1.96 bits per heavy atom. The molecule has 0 aliphatic carbocycles. The van der Waals surface area contributed by atoms with E-state index in [0.29, 0.717) is 42.9 Å². The maximum atomic E-state index is 11.6. The van der Waals surface area contributed by atoms with E-state index in [9.17, 15) is 17.8 Å². The smallest absolute Gasteiger partial charge is 0.748 e. The summed E-state index contributed by atoms with van der Waals surface area (Å²) in [5.74, 6) is -0.176. The molecule has 0 bridgehead atoms. The molecule has 9 heteroatoms. The average Bonchev–Trinajstić information content (AvgIpc) is 2.55. The zero-order chi connectivity index (χ0) is 20.2. The Morgan fingerprint density at radius 3 is 2.54 bits per heavy atom. The van der Waals surface area contributed by atoms with Crippen molar-refractivity contribution in [3.8, 4) is 5.75 Å². The van der Waals surface area contributed by atoms with Crippen LogP contribution >= 0.6 is 0 Å². The van der Waals surface area contributed by atoms with E-state index in [1.54, 1.807) is 26.2 Å². The molecule has 1 aromatic rings. The number of anilines is 1. The molecule has 1 aliphatic rings. The summed E-state index contributed by atoms with van der Waals surface area (Å²) in [7, 11) is -2.86. The van der Waals surface area contributed by atoms with Gasteiger partial charge in [0.15, 0.2) is 0 Å². The number of hydrogen-bond donors (Lipinski definition) is 0. The van der Waals surface area contributed by atoms with E-state index in [2.05, 4.69) is 4.90 Å². The fourth-order valence-electron chi connectivity index (χ4n) is 3.36. The van der Waals surface area contributed by atoms with Crippen molar-refractivity contribution in [2.24, 2.45) is 0 Å². The van der Waals surface area contributed by atoms with Crippen LogP contribution in [0.15, 0.2) is 24.3 Å². The molecule has 0 unspecified atom stereocenters. The molecule has 1 aliphatic heterocycles. The van der Waals surface area contributed by atoms with Crippen LogP contribution in [0.4, 0.5) is 5.69 Å². The van der Waals surface area contributed by atoms with E-state index in [0.717, 1.165) is 5.69 Å². The first-order valence-corrected chi connectivity index (χ1v) is 10.4. The first kappa shape index (κ1) is 25.0. The molecule has 0 aromatic heterocycles. The summed E-state index contributed by atoms with van der Waals surface area (Å²) >= 11 is 0. The summed E-state index contributed by atoms with van der Waals surface area (Å²) in [5.41, 5.74) is 1.41. The summed E-state index contributed by atoms with van der Waals surface area (Å²) < 4.78 is 44.3. The molecule has 0 fully saturated rings. The third-order valence-electron chi connectivity index (χ3n) is 4.47. The van der Waals surface area contributed by atoms with Gasteiger partial charge in [-0.25, -0.2) is 8.42 Å². The van der Waals surface area contributed by atoms with Gasteiger partial charge in [-0.1, -0.05) is 6.08 Å². The normalized spacial score (nSPS) is 15.2. The molecular weight excluding hydrogens is 393 g/mol. The third kappa shape index (κ3) is 6.49. The molecule has 7 nitrogen and oxygen atoms in total. The molecule has 0 saturated heterocycles. The van der Waals surface area contributed by atoms with Gasteiger partial charge in [0, 0.05) is 30.3 Å². The molecule has 2 rings (SSSR count). The first-order chi connectivity index (χ1) is 12.6. The van der Waals surface area contributed by atoms with Crippen LogP contribution in [0.25, 0.3) is 5.57 Å². The topological polar surface area (TPSA) is 96.0 Å². The Balaban J connectivity index is 0.00000392. The van der Waals surface area contributed by atoms with Gasteiger partial charge in [-0.3, -0.25) is 4.79 Å². The SMILES string of the molecule is CCOC(=O)CCCN1c2cc(OC)ccc2C(CS(=O)(=O)[O-])=CC1(C)C.[Na+]. The maximum Gasteiger partial charge on any atom is 1.00 e. The minimum absolute atomic E-state index is 0. The number of carbonyl (C=O) groups is 1. The molecule has 28 heavy (non-hydrogen) atoms. The van der Waals surface area contributed by atoms with Gasteiger partial charge in [0.05, 0.1) is 35.1 Å². The van der Waals surface area contributed by atoms with Crippen LogP contribution in [0.1, 0.15) is 39.2 Å².